The molecule has 0 unspecified atom stereocenters. The summed E-state index contributed by atoms with van der Waals surface area (Å²) in [6, 6.07) is 38.0. The number of rotatable bonds is 3. The van der Waals surface area contributed by atoms with Crippen LogP contribution in [-0.2, 0) is 0 Å². The highest BCUT2D eigenvalue weighted by Crippen LogP contribution is 2.45. The number of aromatic nitrogens is 3. The Hall–Kier alpha value is -5.49. The summed E-state index contributed by atoms with van der Waals surface area (Å²) in [7, 11) is 0. The SMILES string of the molecule is Cc1cc2cc(c1)N(c1ccccn1)c1cc(C)cc(c1)N(c1ccccn1)c1cc(C)cc(c1)N2c1ccccn1. The molecule has 0 spiro atoms. The lowest BCUT2D eigenvalue weighted by Crippen LogP contribution is -2.18. The Labute approximate surface area is 246 Å². The van der Waals surface area contributed by atoms with Crippen LogP contribution in [0.1, 0.15) is 16.7 Å². The number of benzene rings is 3. The maximum atomic E-state index is 4.80. The Morgan fingerprint density at radius 1 is 0.357 bits per heavy atom. The van der Waals surface area contributed by atoms with Gasteiger partial charge in [0.05, 0.1) is 0 Å². The van der Waals surface area contributed by atoms with Crippen molar-refractivity contribution in [1.29, 1.82) is 0 Å². The number of nitrogens with zero attached hydrogens (tertiary/aromatic N) is 6. The zero-order chi connectivity index (χ0) is 28.6. The molecule has 6 bridgehead atoms. The maximum absolute atomic E-state index is 4.80. The lowest BCUT2D eigenvalue weighted by atomic mass is 10.1. The van der Waals surface area contributed by atoms with Gasteiger partial charge in [0, 0.05) is 52.7 Å². The van der Waals surface area contributed by atoms with Crippen LogP contribution in [0.5, 0.6) is 0 Å². The zero-order valence-corrected chi connectivity index (χ0v) is 23.8. The van der Waals surface area contributed by atoms with Gasteiger partial charge in [0.1, 0.15) is 17.5 Å². The summed E-state index contributed by atoms with van der Waals surface area (Å²) < 4.78 is 0. The summed E-state index contributed by atoms with van der Waals surface area (Å²) in [5.41, 5.74) is 9.49. The summed E-state index contributed by atoms with van der Waals surface area (Å²) in [6.07, 6.45) is 5.52. The van der Waals surface area contributed by atoms with E-state index in [0.717, 1.165) is 68.3 Å². The minimum atomic E-state index is 0.839. The van der Waals surface area contributed by atoms with Crippen molar-refractivity contribution < 1.29 is 0 Å². The van der Waals surface area contributed by atoms with E-state index in [1.54, 1.807) is 0 Å². The molecule has 6 aromatic rings. The third kappa shape index (κ3) is 4.73. The first kappa shape index (κ1) is 25.5. The van der Waals surface area contributed by atoms with E-state index in [1.807, 2.05) is 55.0 Å². The smallest absolute Gasteiger partial charge is 0.137 e. The van der Waals surface area contributed by atoms with Gasteiger partial charge < -0.3 is 0 Å². The molecule has 0 aliphatic carbocycles. The van der Waals surface area contributed by atoms with Gasteiger partial charge in [-0.15, -0.1) is 0 Å². The van der Waals surface area contributed by atoms with E-state index in [-0.39, 0.29) is 0 Å². The largest absolute Gasteiger partial charge is 0.295 e. The van der Waals surface area contributed by atoms with E-state index in [4.69, 9.17) is 15.0 Å². The Balaban J connectivity index is 1.60. The molecule has 0 fully saturated rings. The Bertz CT molecular complexity index is 1590. The third-order valence-corrected chi connectivity index (χ3v) is 7.32. The fraction of sp³-hybridized carbons (Fsp3) is 0.0833. The standard InChI is InChI=1S/C36H30N6/c1-25-16-28-22-29(17-25)41(35-11-5-8-14-38-35)31-19-27(3)21-33(24-31)42(36-12-6-9-15-39-36)32-20-26(2)18-30(23-32)40(28)34-10-4-7-13-37-34/h4-24H,1-3H3. The summed E-state index contributed by atoms with van der Waals surface area (Å²) in [6.45, 7) is 6.41. The van der Waals surface area contributed by atoms with Crippen molar-refractivity contribution in [3.8, 4) is 0 Å². The molecule has 0 saturated carbocycles. The Kier molecular flexibility index (Phi) is 6.36. The fourth-order valence-electron chi connectivity index (χ4n) is 5.70. The molecular formula is C36H30N6. The van der Waals surface area contributed by atoms with Gasteiger partial charge in [-0.25, -0.2) is 15.0 Å². The number of aryl methyl sites for hydroxylation is 3. The number of hydrogen-bond donors (Lipinski definition) is 0. The van der Waals surface area contributed by atoms with Gasteiger partial charge in [-0.1, -0.05) is 18.2 Å². The van der Waals surface area contributed by atoms with Gasteiger partial charge in [-0.2, -0.15) is 0 Å². The molecule has 1 aliphatic heterocycles. The van der Waals surface area contributed by atoms with Crippen molar-refractivity contribution in [1.82, 2.24) is 15.0 Å². The van der Waals surface area contributed by atoms with Gasteiger partial charge in [0.15, 0.2) is 0 Å². The quantitative estimate of drug-likeness (QED) is 0.220. The first-order chi connectivity index (χ1) is 20.5. The van der Waals surface area contributed by atoms with Crippen molar-refractivity contribution in [2.45, 2.75) is 20.8 Å². The number of pyridine rings is 3. The average molecular weight is 547 g/mol. The molecule has 7 rings (SSSR count). The molecule has 0 N–H and O–H groups in total. The first-order valence-corrected chi connectivity index (χ1v) is 14.0. The predicted molar refractivity (Wildman–Crippen MR) is 172 cm³/mol. The molecule has 3 aromatic heterocycles. The predicted octanol–water partition coefficient (Wildman–Crippen LogP) is 9.52. The summed E-state index contributed by atoms with van der Waals surface area (Å²) in [5, 5.41) is 0. The van der Waals surface area contributed by atoms with Crippen LogP contribution in [0.15, 0.2) is 128 Å². The van der Waals surface area contributed by atoms with Gasteiger partial charge in [-0.05, 0) is 128 Å². The summed E-state index contributed by atoms with van der Waals surface area (Å²) in [4.78, 5) is 21.1. The van der Waals surface area contributed by atoms with Gasteiger partial charge in [0.2, 0.25) is 0 Å². The number of fused-ring (bicyclic) bond motifs is 6. The molecule has 6 nitrogen and oxygen atoms in total. The van der Waals surface area contributed by atoms with Crippen molar-refractivity contribution in [2.75, 3.05) is 14.7 Å². The summed E-state index contributed by atoms with van der Waals surface area (Å²) in [5.74, 6) is 2.52. The molecule has 42 heavy (non-hydrogen) atoms. The molecule has 1 aliphatic rings. The highest BCUT2D eigenvalue weighted by molar-refractivity contribution is 5.87. The van der Waals surface area contributed by atoms with Crippen molar-refractivity contribution in [2.24, 2.45) is 0 Å². The molecule has 6 heteroatoms. The van der Waals surface area contributed by atoms with Crippen LogP contribution in [0.4, 0.5) is 51.6 Å². The fourth-order valence-corrected chi connectivity index (χ4v) is 5.70. The number of hydrogen-bond acceptors (Lipinski definition) is 6. The van der Waals surface area contributed by atoms with Crippen LogP contribution >= 0.6 is 0 Å². The molecule has 4 heterocycles. The van der Waals surface area contributed by atoms with Gasteiger partial charge >= 0.3 is 0 Å². The van der Waals surface area contributed by atoms with Crippen LogP contribution in [0.25, 0.3) is 0 Å². The van der Waals surface area contributed by atoms with Crippen LogP contribution in [0.2, 0.25) is 0 Å². The first-order valence-electron chi connectivity index (χ1n) is 14.0. The Morgan fingerprint density at radius 3 is 0.833 bits per heavy atom. The molecular weight excluding hydrogens is 516 g/mol. The molecule has 0 radical (unpaired) electrons. The molecule has 204 valence electrons. The second kappa shape index (κ2) is 10.5. The lowest BCUT2D eigenvalue weighted by Gasteiger charge is -2.33. The molecule has 0 amide bonds. The van der Waals surface area contributed by atoms with E-state index in [9.17, 15) is 0 Å². The molecule has 0 atom stereocenters. The van der Waals surface area contributed by atoms with Gasteiger partial charge in [0.25, 0.3) is 0 Å². The summed E-state index contributed by atoms with van der Waals surface area (Å²) >= 11 is 0. The topological polar surface area (TPSA) is 48.4 Å². The maximum Gasteiger partial charge on any atom is 0.137 e. The second-order valence-electron chi connectivity index (χ2n) is 10.7. The molecule has 3 aromatic carbocycles. The van der Waals surface area contributed by atoms with Crippen LogP contribution < -0.4 is 14.7 Å². The monoisotopic (exact) mass is 546 g/mol. The van der Waals surface area contributed by atoms with E-state index in [0.29, 0.717) is 0 Å². The van der Waals surface area contributed by atoms with Crippen molar-refractivity contribution in [3.05, 3.63) is 144 Å². The van der Waals surface area contributed by atoms with E-state index in [1.165, 1.54) is 0 Å². The zero-order valence-electron chi connectivity index (χ0n) is 23.8. The third-order valence-electron chi connectivity index (χ3n) is 7.32. The van der Waals surface area contributed by atoms with E-state index in [2.05, 4.69) is 108 Å². The van der Waals surface area contributed by atoms with E-state index < -0.39 is 0 Å². The second-order valence-corrected chi connectivity index (χ2v) is 10.7. The number of anilines is 9. The van der Waals surface area contributed by atoms with Crippen molar-refractivity contribution in [3.63, 3.8) is 0 Å². The highest BCUT2D eigenvalue weighted by atomic mass is 15.2. The van der Waals surface area contributed by atoms with Crippen LogP contribution in [0, 0.1) is 20.8 Å². The minimum absolute atomic E-state index is 0.839. The lowest BCUT2D eigenvalue weighted by molar-refractivity contribution is 1.13. The normalized spacial score (nSPS) is 12.5. The average Bonchev–Trinajstić information content (AvgIpc) is 2.98. The molecule has 0 saturated heterocycles. The van der Waals surface area contributed by atoms with Crippen molar-refractivity contribution >= 4 is 51.6 Å². The Morgan fingerprint density at radius 2 is 0.619 bits per heavy atom. The van der Waals surface area contributed by atoms with E-state index >= 15 is 0 Å². The van der Waals surface area contributed by atoms with Crippen LogP contribution in [0.3, 0.4) is 0 Å². The highest BCUT2D eigenvalue weighted by Gasteiger charge is 2.24. The minimum Gasteiger partial charge on any atom is -0.295 e. The van der Waals surface area contributed by atoms with Gasteiger partial charge in [-0.3, -0.25) is 14.7 Å². The van der Waals surface area contributed by atoms with Crippen LogP contribution in [-0.4, -0.2) is 15.0 Å².